The van der Waals surface area contributed by atoms with Crippen molar-refractivity contribution in [1.82, 2.24) is 0 Å². The van der Waals surface area contributed by atoms with Crippen LogP contribution in [0.25, 0.3) is 0 Å². The standard InChI is InChI=1S/C15H22FNO2/c1-10(17)12-8-7-11(9-13(12)16)19-15-6-4-2-3-5-14(15)18/h7-10,14-15,18H,2-6,17H2,1H3/t10-,14?,15?/m0/s1. The fourth-order valence-corrected chi connectivity index (χ4v) is 2.52. The Morgan fingerprint density at radius 2 is 2.05 bits per heavy atom. The zero-order valence-electron chi connectivity index (χ0n) is 11.3. The molecular weight excluding hydrogens is 245 g/mol. The number of aliphatic hydroxyl groups excluding tert-OH is 1. The smallest absolute Gasteiger partial charge is 0.131 e. The van der Waals surface area contributed by atoms with Crippen LogP contribution >= 0.6 is 0 Å². The first-order valence-corrected chi connectivity index (χ1v) is 6.97. The minimum absolute atomic E-state index is 0.233. The van der Waals surface area contributed by atoms with Gasteiger partial charge in [-0.25, -0.2) is 4.39 Å². The van der Waals surface area contributed by atoms with E-state index in [4.69, 9.17) is 10.5 Å². The summed E-state index contributed by atoms with van der Waals surface area (Å²) >= 11 is 0. The van der Waals surface area contributed by atoms with Crippen molar-refractivity contribution in [2.45, 2.75) is 57.3 Å². The zero-order valence-corrected chi connectivity index (χ0v) is 11.3. The van der Waals surface area contributed by atoms with Gasteiger partial charge in [0.2, 0.25) is 0 Å². The molecule has 3 nitrogen and oxygen atoms in total. The highest BCUT2D eigenvalue weighted by molar-refractivity contribution is 5.30. The highest BCUT2D eigenvalue weighted by Gasteiger charge is 2.23. The van der Waals surface area contributed by atoms with Crippen LogP contribution in [0.3, 0.4) is 0 Å². The summed E-state index contributed by atoms with van der Waals surface area (Å²) < 4.78 is 19.5. The number of aliphatic hydroxyl groups is 1. The molecule has 1 aliphatic rings. The van der Waals surface area contributed by atoms with Gasteiger partial charge in [-0.15, -0.1) is 0 Å². The molecule has 0 aliphatic heterocycles. The van der Waals surface area contributed by atoms with Gasteiger partial charge in [-0.2, -0.15) is 0 Å². The summed E-state index contributed by atoms with van der Waals surface area (Å²) in [4.78, 5) is 0. The zero-order chi connectivity index (χ0) is 13.8. The Morgan fingerprint density at radius 3 is 2.74 bits per heavy atom. The van der Waals surface area contributed by atoms with Crippen LogP contribution in [0.15, 0.2) is 18.2 Å². The number of benzene rings is 1. The van der Waals surface area contributed by atoms with E-state index >= 15 is 0 Å². The normalized spacial score (nSPS) is 25.7. The lowest BCUT2D eigenvalue weighted by Gasteiger charge is -2.22. The van der Waals surface area contributed by atoms with E-state index in [1.54, 1.807) is 19.1 Å². The Hall–Kier alpha value is -1.13. The van der Waals surface area contributed by atoms with Crippen molar-refractivity contribution >= 4 is 0 Å². The molecule has 19 heavy (non-hydrogen) atoms. The summed E-state index contributed by atoms with van der Waals surface area (Å²) in [5.41, 5.74) is 6.15. The summed E-state index contributed by atoms with van der Waals surface area (Å²) in [6, 6.07) is 4.39. The van der Waals surface area contributed by atoms with Gasteiger partial charge in [-0.3, -0.25) is 0 Å². The van der Waals surface area contributed by atoms with Gasteiger partial charge < -0.3 is 15.6 Å². The fourth-order valence-electron chi connectivity index (χ4n) is 2.52. The Morgan fingerprint density at radius 1 is 1.32 bits per heavy atom. The largest absolute Gasteiger partial charge is 0.488 e. The quantitative estimate of drug-likeness (QED) is 0.828. The summed E-state index contributed by atoms with van der Waals surface area (Å²) in [5.74, 6) is 0.114. The molecule has 3 N–H and O–H groups in total. The van der Waals surface area contributed by atoms with Crippen molar-refractivity contribution in [2.24, 2.45) is 5.73 Å². The molecule has 0 saturated heterocycles. The van der Waals surface area contributed by atoms with Crippen molar-refractivity contribution in [3.05, 3.63) is 29.6 Å². The molecule has 2 rings (SSSR count). The monoisotopic (exact) mass is 267 g/mol. The number of nitrogens with two attached hydrogens (primary N) is 1. The molecule has 106 valence electrons. The van der Waals surface area contributed by atoms with E-state index in [1.807, 2.05) is 0 Å². The predicted molar refractivity (Wildman–Crippen MR) is 72.5 cm³/mol. The highest BCUT2D eigenvalue weighted by atomic mass is 19.1. The average Bonchev–Trinajstić information content (AvgIpc) is 2.55. The van der Waals surface area contributed by atoms with Crippen molar-refractivity contribution in [3.63, 3.8) is 0 Å². The van der Waals surface area contributed by atoms with Crippen LogP contribution < -0.4 is 10.5 Å². The second kappa shape index (κ2) is 6.35. The van der Waals surface area contributed by atoms with Gasteiger partial charge in [0.15, 0.2) is 0 Å². The van der Waals surface area contributed by atoms with Crippen LogP contribution in [-0.4, -0.2) is 17.3 Å². The molecular formula is C15H22FNO2. The summed E-state index contributed by atoms with van der Waals surface area (Å²) in [7, 11) is 0. The van der Waals surface area contributed by atoms with Crippen LogP contribution in [0.1, 0.15) is 50.6 Å². The summed E-state index contributed by atoms with van der Waals surface area (Å²) in [6.45, 7) is 1.74. The minimum atomic E-state index is -0.460. The van der Waals surface area contributed by atoms with Gasteiger partial charge in [-0.1, -0.05) is 18.9 Å². The summed E-state index contributed by atoms with van der Waals surface area (Å²) in [5, 5.41) is 9.98. The van der Waals surface area contributed by atoms with Gasteiger partial charge >= 0.3 is 0 Å². The Balaban J connectivity index is 2.08. The molecule has 3 atom stereocenters. The molecule has 1 aliphatic carbocycles. The average molecular weight is 267 g/mol. The van der Waals surface area contributed by atoms with Gasteiger partial charge in [0.25, 0.3) is 0 Å². The third-order valence-corrected chi connectivity index (χ3v) is 3.67. The summed E-state index contributed by atoms with van der Waals surface area (Å²) in [6.07, 6.45) is 4.07. The molecule has 1 aromatic rings. The molecule has 0 amide bonds. The van der Waals surface area contributed by atoms with E-state index in [0.717, 1.165) is 32.1 Å². The number of hydrogen-bond acceptors (Lipinski definition) is 3. The van der Waals surface area contributed by atoms with Crippen LogP contribution in [0.4, 0.5) is 4.39 Å². The maximum Gasteiger partial charge on any atom is 0.131 e. The van der Waals surface area contributed by atoms with Crippen LogP contribution in [-0.2, 0) is 0 Å². The second-order valence-corrected chi connectivity index (χ2v) is 5.33. The molecule has 1 fully saturated rings. The highest BCUT2D eigenvalue weighted by Crippen LogP contribution is 2.25. The molecule has 4 heteroatoms. The van der Waals surface area contributed by atoms with E-state index in [1.165, 1.54) is 6.07 Å². The Kier molecular flexibility index (Phi) is 4.77. The first-order chi connectivity index (χ1) is 9.08. The number of ether oxygens (including phenoxy) is 1. The fraction of sp³-hybridized carbons (Fsp3) is 0.600. The van der Waals surface area contributed by atoms with Crippen molar-refractivity contribution in [3.8, 4) is 5.75 Å². The van der Waals surface area contributed by atoms with Crippen molar-refractivity contribution in [1.29, 1.82) is 0 Å². The van der Waals surface area contributed by atoms with Crippen molar-refractivity contribution < 1.29 is 14.2 Å². The number of rotatable bonds is 3. The molecule has 0 aromatic heterocycles. The molecule has 0 bridgehead atoms. The second-order valence-electron chi connectivity index (χ2n) is 5.33. The first-order valence-electron chi connectivity index (χ1n) is 6.97. The lowest BCUT2D eigenvalue weighted by molar-refractivity contribution is 0.0318. The van der Waals surface area contributed by atoms with E-state index in [9.17, 15) is 9.50 Å². The molecule has 0 spiro atoms. The topological polar surface area (TPSA) is 55.5 Å². The van der Waals surface area contributed by atoms with E-state index in [-0.39, 0.29) is 18.0 Å². The number of halogens is 1. The predicted octanol–water partition coefficient (Wildman–Crippen LogP) is 2.92. The van der Waals surface area contributed by atoms with Crippen LogP contribution in [0, 0.1) is 5.82 Å². The third kappa shape index (κ3) is 3.67. The van der Waals surface area contributed by atoms with Gasteiger partial charge in [0.1, 0.15) is 17.7 Å². The van der Waals surface area contributed by atoms with Gasteiger partial charge in [0.05, 0.1) is 6.10 Å². The van der Waals surface area contributed by atoms with Gasteiger partial charge in [0, 0.05) is 17.7 Å². The van der Waals surface area contributed by atoms with E-state index < -0.39 is 6.10 Å². The molecule has 0 heterocycles. The molecule has 1 aromatic carbocycles. The maximum absolute atomic E-state index is 13.8. The Bertz CT molecular complexity index is 423. The molecule has 0 radical (unpaired) electrons. The molecule has 2 unspecified atom stereocenters. The van der Waals surface area contributed by atoms with E-state index in [0.29, 0.717) is 11.3 Å². The molecule has 1 saturated carbocycles. The SMILES string of the molecule is C[C@H](N)c1ccc(OC2CCCCCC2O)cc1F. The van der Waals surface area contributed by atoms with Crippen LogP contribution in [0.5, 0.6) is 5.75 Å². The minimum Gasteiger partial charge on any atom is -0.488 e. The maximum atomic E-state index is 13.8. The first kappa shape index (κ1) is 14.3. The van der Waals surface area contributed by atoms with Crippen LogP contribution in [0.2, 0.25) is 0 Å². The lowest BCUT2D eigenvalue weighted by atomic mass is 10.1. The third-order valence-electron chi connectivity index (χ3n) is 3.67. The van der Waals surface area contributed by atoms with E-state index in [2.05, 4.69) is 0 Å². The van der Waals surface area contributed by atoms with Gasteiger partial charge in [-0.05, 0) is 32.3 Å². The van der Waals surface area contributed by atoms with Crippen molar-refractivity contribution in [2.75, 3.05) is 0 Å². The lowest BCUT2D eigenvalue weighted by Crippen LogP contribution is -2.30. The Labute approximate surface area is 113 Å². The number of hydrogen-bond donors (Lipinski definition) is 2.